The van der Waals surface area contributed by atoms with Gasteiger partial charge in [0, 0.05) is 30.1 Å². The number of aromatic nitrogens is 2. The lowest BCUT2D eigenvalue weighted by Crippen LogP contribution is -2.51. The van der Waals surface area contributed by atoms with Gasteiger partial charge in [-0.25, -0.2) is 0 Å². The standard InChI is InChI=1S/C15H20N4O/c1-10-3-2-6-19(14(10)8-16)15(20)11-4-5-13-12(7-11)9-17-18-13/h4-5,7,9-10,14H,2-3,6,8,16H2,1H3,(H,17,18)/t10-,14+/m1/s1. The summed E-state index contributed by atoms with van der Waals surface area (Å²) in [7, 11) is 0. The Labute approximate surface area is 118 Å². The summed E-state index contributed by atoms with van der Waals surface area (Å²) in [6.07, 6.45) is 3.94. The van der Waals surface area contributed by atoms with E-state index in [0.29, 0.717) is 18.0 Å². The number of piperidine rings is 1. The highest BCUT2D eigenvalue weighted by Crippen LogP contribution is 2.25. The molecule has 20 heavy (non-hydrogen) atoms. The van der Waals surface area contributed by atoms with Crippen LogP contribution in [0.25, 0.3) is 10.9 Å². The first-order chi connectivity index (χ1) is 9.70. The molecule has 3 rings (SSSR count). The fourth-order valence-electron chi connectivity index (χ4n) is 3.10. The summed E-state index contributed by atoms with van der Waals surface area (Å²) in [4.78, 5) is 14.7. The van der Waals surface area contributed by atoms with E-state index < -0.39 is 0 Å². The number of benzene rings is 1. The Morgan fingerprint density at radius 3 is 3.20 bits per heavy atom. The molecule has 0 saturated carbocycles. The summed E-state index contributed by atoms with van der Waals surface area (Å²) < 4.78 is 0. The quantitative estimate of drug-likeness (QED) is 0.874. The lowest BCUT2D eigenvalue weighted by molar-refractivity contribution is 0.0533. The number of hydrogen-bond acceptors (Lipinski definition) is 3. The maximum Gasteiger partial charge on any atom is 0.254 e. The number of H-pyrrole nitrogens is 1. The van der Waals surface area contributed by atoms with Gasteiger partial charge < -0.3 is 10.6 Å². The van der Waals surface area contributed by atoms with Crippen LogP contribution in [0.1, 0.15) is 30.1 Å². The largest absolute Gasteiger partial charge is 0.334 e. The van der Waals surface area contributed by atoms with E-state index in [1.165, 1.54) is 0 Å². The van der Waals surface area contributed by atoms with Crippen LogP contribution in [0.3, 0.4) is 0 Å². The number of nitrogens with one attached hydrogen (secondary N) is 1. The van der Waals surface area contributed by atoms with Crippen LogP contribution < -0.4 is 5.73 Å². The molecule has 0 unspecified atom stereocenters. The molecule has 0 aliphatic carbocycles. The summed E-state index contributed by atoms with van der Waals surface area (Å²) in [5.74, 6) is 0.547. The Bertz CT molecular complexity index is 621. The fourth-order valence-corrected chi connectivity index (χ4v) is 3.10. The van der Waals surface area contributed by atoms with Crippen LogP contribution in [-0.2, 0) is 0 Å². The average Bonchev–Trinajstić information content (AvgIpc) is 2.93. The summed E-state index contributed by atoms with van der Waals surface area (Å²) >= 11 is 0. The fraction of sp³-hybridized carbons (Fsp3) is 0.467. The summed E-state index contributed by atoms with van der Waals surface area (Å²) in [6, 6.07) is 5.81. The first-order valence-corrected chi connectivity index (χ1v) is 7.15. The lowest BCUT2D eigenvalue weighted by atomic mass is 9.90. The molecule has 0 spiro atoms. The van der Waals surface area contributed by atoms with Crippen LogP contribution in [0.5, 0.6) is 0 Å². The number of likely N-dealkylation sites (tertiary alicyclic amines) is 1. The smallest absolute Gasteiger partial charge is 0.254 e. The maximum atomic E-state index is 12.7. The van der Waals surface area contributed by atoms with E-state index in [4.69, 9.17) is 5.73 Å². The third-order valence-corrected chi connectivity index (χ3v) is 4.31. The molecule has 1 amide bonds. The predicted molar refractivity (Wildman–Crippen MR) is 78.4 cm³/mol. The Balaban J connectivity index is 1.90. The van der Waals surface area contributed by atoms with Gasteiger partial charge in [0.05, 0.1) is 11.7 Å². The van der Waals surface area contributed by atoms with Gasteiger partial charge in [0.2, 0.25) is 0 Å². The van der Waals surface area contributed by atoms with Crippen LogP contribution in [0.2, 0.25) is 0 Å². The molecule has 2 heterocycles. The highest BCUT2D eigenvalue weighted by Gasteiger charge is 2.31. The van der Waals surface area contributed by atoms with Gasteiger partial charge in [-0.2, -0.15) is 5.10 Å². The van der Waals surface area contributed by atoms with Crippen LogP contribution >= 0.6 is 0 Å². The minimum Gasteiger partial charge on any atom is -0.334 e. The minimum atomic E-state index is 0.0788. The molecule has 1 aromatic heterocycles. The number of carbonyl (C=O) groups excluding carboxylic acids is 1. The first kappa shape index (κ1) is 13.1. The van der Waals surface area contributed by atoms with Crippen molar-refractivity contribution in [2.45, 2.75) is 25.8 Å². The van der Waals surface area contributed by atoms with Gasteiger partial charge >= 0.3 is 0 Å². The molecule has 5 nitrogen and oxygen atoms in total. The number of hydrogen-bond donors (Lipinski definition) is 2. The van der Waals surface area contributed by atoms with Crippen molar-refractivity contribution in [3.63, 3.8) is 0 Å². The Morgan fingerprint density at radius 1 is 1.55 bits per heavy atom. The van der Waals surface area contributed by atoms with Gasteiger partial charge in [-0.1, -0.05) is 6.92 Å². The predicted octanol–water partition coefficient (Wildman–Crippen LogP) is 1.76. The van der Waals surface area contributed by atoms with E-state index in [2.05, 4.69) is 17.1 Å². The van der Waals surface area contributed by atoms with Gasteiger partial charge in [-0.05, 0) is 37.0 Å². The number of amides is 1. The number of nitrogens with two attached hydrogens (primary N) is 1. The second-order valence-electron chi connectivity index (χ2n) is 5.59. The van der Waals surface area contributed by atoms with Crippen molar-refractivity contribution >= 4 is 16.8 Å². The van der Waals surface area contributed by atoms with Gasteiger partial charge in [-0.3, -0.25) is 9.89 Å². The van der Waals surface area contributed by atoms with E-state index in [1.807, 2.05) is 23.1 Å². The van der Waals surface area contributed by atoms with Crippen molar-refractivity contribution < 1.29 is 4.79 Å². The van der Waals surface area contributed by atoms with Crippen molar-refractivity contribution in [2.24, 2.45) is 11.7 Å². The number of rotatable bonds is 2. The Kier molecular flexibility index (Phi) is 3.44. The molecule has 0 bridgehead atoms. The molecule has 1 aliphatic rings. The van der Waals surface area contributed by atoms with Crippen molar-refractivity contribution in [3.8, 4) is 0 Å². The van der Waals surface area contributed by atoms with E-state index in [-0.39, 0.29) is 11.9 Å². The zero-order chi connectivity index (χ0) is 14.1. The van der Waals surface area contributed by atoms with E-state index in [1.54, 1.807) is 6.20 Å². The molecular formula is C15H20N4O. The van der Waals surface area contributed by atoms with E-state index >= 15 is 0 Å². The summed E-state index contributed by atoms with van der Waals surface area (Å²) in [5.41, 5.74) is 7.53. The van der Waals surface area contributed by atoms with E-state index in [0.717, 1.165) is 30.3 Å². The summed E-state index contributed by atoms with van der Waals surface area (Å²) in [5, 5.41) is 7.85. The monoisotopic (exact) mass is 272 g/mol. The van der Waals surface area contributed by atoms with E-state index in [9.17, 15) is 4.79 Å². The van der Waals surface area contributed by atoms with Gasteiger partial charge in [0.25, 0.3) is 5.91 Å². The molecule has 1 aliphatic heterocycles. The van der Waals surface area contributed by atoms with Gasteiger partial charge in [-0.15, -0.1) is 0 Å². The molecule has 2 aromatic rings. The molecule has 5 heteroatoms. The molecule has 0 radical (unpaired) electrons. The number of nitrogens with zero attached hydrogens (tertiary/aromatic N) is 2. The van der Waals surface area contributed by atoms with Crippen molar-refractivity contribution in [2.75, 3.05) is 13.1 Å². The molecule has 106 valence electrons. The highest BCUT2D eigenvalue weighted by molar-refractivity contribution is 5.98. The second-order valence-corrected chi connectivity index (χ2v) is 5.59. The number of carbonyl (C=O) groups is 1. The van der Waals surface area contributed by atoms with Crippen LogP contribution in [-0.4, -0.2) is 40.1 Å². The number of fused-ring (bicyclic) bond motifs is 1. The molecular weight excluding hydrogens is 252 g/mol. The highest BCUT2D eigenvalue weighted by atomic mass is 16.2. The second kappa shape index (κ2) is 5.25. The molecule has 1 fully saturated rings. The first-order valence-electron chi connectivity index (χ1n) is 7.15. The third kappa shape index (κ3) is 2.18. The normalized spacial score (nSPS) is 23.2. The molecule has 1 saturated heterocycles. The van der Waals surface area contributed by atoms with Crippen molar-refractivity contribution in [3.05, 3.63) is 30.0 Å². The average molecular weight is 272 g/mol. The zero-order valence-electron chi connectivity index (χ0n) is 11.7. The van der Waals surface area contributed by atoms with Gasteiger partial charge in [0.1, 0.15) is 0 Å². The molecule has 3 N–H and O–H groups in total. The van der Waals surface area contributed by atoms with Crippen LogP contribution in [0, 0.1) is 5.92 Å². The maximum absolute atomic E-state index is 12.7. The zero-order valence-corrected chi connectivity index (χ0v) is 11.7. The van der Waals surface area contributed by atoms with Crippen molar-refractivity contribution in [1.82, 2.24) is 15.1 Å². The minimum absolute atomic E-state index is 0.0788. The van der Waals surface area contributed by atoms with Gasteiger partial charge in [0.15, 0.2) is 0 Å². The van der Waals surface area contributed by atoms with Crippen LogP contribution in [0.4, 0.5) is 0 Å². The molecule has 2 atom stereocenters. The summed E-state index contributed by atoms with van der Waals surface area (Å²) in [6.45, 7) is 3.51. The molecule has 1 aromatic carbocycles. The van der Waals surface area contributed by atoms with Crippen LogP contribution in [0.15, 0.2) is 24.4 Å². The Morgan fingerprint density at radius 2 is 2.40 bits per heavy atom. The Hall–Kier alpha value is -1.88. The SMILES string of the molecule is C[C@@H]1CCCN(C(=O)c2ccc3[nH]ncc3c2)[C@H]1CN. The lowest BCUT2D eigenvalue weighted by Gasteiger charge is -2.39. The number of aromatic amines is 1. The third-order valence-electron chi connectivity index (χ3n) is 4.31. The van der Waals surface area contributed by atoms with Crippen molar-refractivity contribution in [1.29, 1.82) is 0 Å². The topological polar surface area (TPSA) is 75.0 Å².